The van der Waals surface area contributed by atoms with E-state index in [2.05, 4.69) is 0 Å². The zero-order valence-corrected chi connectivity index (χ0v) is 8.55. The van der Waals surface area contributed by atoms with E-state index in [0.29, 0.717) is 18.6 Å². The van der Waals surface area contributed by atoms with Crippen molar-refractivity contribution in [2.24, 2.45) is 5.92 Å². The van der Waals surface area contributed by atoms with E-state index in [9.17, 15) is 0 Å². The third-order valence-corrected chi connectivity index (χ3v) is 2.39. The fourth-order valence-electron chi connectivity index (χ4n) is 1.55. The van der Waals surface area contributed by atoms with E-state index in [1.54, 1.807) is 7.11 Å². The summed E-state index contributed by atoms with van der Waals surface area (Å²) in [5.74, 6) is 0.548. The van der Waals surface area contributed by atoms with Gasteiger partial charge in [0.2, 0.25) is 0 Å². The van der Waals surface area contributed by atoms with E-state index in [1.807, 2.05) is 13.8 Å². The monoisotopic (exact) mass is 174 g/mol. The molecule has 0 aromatic heterocycles. The van der Waals surface area contributed by atoms with Crippen LogP contribution < -0.4 is 0 Å². The van der Waals surface area contributed by atoms with Gasteiger partial charge in [0, 0.05) is 13.7 Å². The molecule has 0 heterocycles. The highest BCUT2D eigenvalue weighted by atomic mass is 16.5. The molecule has 1 aliphatic rings. The molecule has 1 rings (SSSR count). The van der Waals surface area contributed by atoms with Crippen LogP contribution in [0, 0.1) is 5.92 Å². The van der Waals surface area contributed by atoms with Crippen molar-refractivity contribution in [3.05, 3.63) is 0 Å². The first-order chi connectivity index (χ1) is 5.86. The maximum atomic E-state index is 8.81. The second kappa shape index (κ2) is 7.56. The fourth-order valence-corrected chi connectivity index (χ4v) is 1.55. The number of rotatable bonds is 2. The molecule has 0 atom stereocenters. The molecule has 0 amide bonds. The fraction of sp³-hybridized carbons (Fsp3) is 1.00. The van der Waals surface area contributed by atoms with Crippen LogP contribution in [0.3, 0.4) is 0 Å². The van der Waals surface area contributed by atoms with Gasteiger partial charge in [0.15, 0.2) is 0 Å². The zero-order chi connectivity index (χ0) is 9.40. The lowest BCUT2D eigenvalue weighted by atomic mass is 9.88. The molecular weight excluding hydrogens is 152 g/mol. The van der Waals surface area contributed by atoms with Crippen LogP contribution in [-0.4, -0.2) is 24.9 Å². The third kappa shape index (κ3) is 4.07. The van der Waals surface area contributed by atoms with Crippen molar-refractivity contribution >= 4 is 0 Å². The van der Waals surface area contributed by atoms with Crippen LogP contribution in [0.25, 0.3) is 0 Å². The molecule has 1 fully saturated rings. The summed E-state index contributed by atoms with van der Waals surface area (Å²) in [6.45, 7) is 4.36. The minimum absolute atomic E-state index is 0.358. The van der Waals surface area contributed by atoms with Gasteiger partial charge in [-0.3, -0.25) is 0 Å². The summed E-state index contributed by atoms with van der Waals surface area (Å²) in [5, 5.41) is 8.81. The Kier molecular flexibility index (Phi) is 7.51. The SMILES string of the molecule is CC.COC1CCC(CO)CC1. The van der Waals surface area contributed by atoms with Crippen molar-refractivity contribution in [3.8, 4) is 0 Å². The van der Waals surface area contributed by atoms with Crippen LogP contribution in [0.1, 0.15) is 39.5 Å². The maximum Gasteiger partial charge on any atom is 0.0571 e. The summed E-state index contributed by atoms with van der Waals surface area (Å²) in [5.41, 5.74) is 0. The number of ether oxygens (including phenoxy) is 1. The van der Waals surface area contributed by atoms with E-state index < -0.39 is 0 Å². The van der Waals surface area contributed by atoms with Crippen LogP contribution in [-0.2, 0) is 4.74 Å². The Bertz CT molecular complexity index is 73.8. The second-order valence-corrected chi connectivity index (χ2v) is 3.06. The molecule has 1 N–H and O–H groups in total. The molecule has 0 unspecified atom stereocenters. The average Bonchev–Trinajstić information content (AvgIpc) is 2.21. The Balaban J connectivity index is 0.000000561. The van der Waals surface area contributed by atoms with E-state index in [-0.39, 0.29) is 0 Å². The molecule has 0 radical (unpaired) electrons. The summed E-state index contributed by atoms with van der Waals surface area (Å²) >= 11 is 0. The van der Waals surface area contributed by atoms with Gasteiger partial charge in [-0.05, 0) is 31.6 Å². The number of methoxy groups -OCH3 is 1. The van der Waals surface area contributed by atoms with Crippen molar-refractivity contribution in [1.29, 1.82) is 0 Å². The summed E-state index contributed by atoms with van der Waals surface area (Å²) in [6.07, 6.45) is 4.98. The summed E-state index contributed by atoms with van der Waals surface area (Å²) in [6, 6.07) is 0. The molecule has 0 aromatic rings. The van der Waals surface area contributed by atoms with Gasteiger partial charge in [-0.2, -0.15) is 0 Å². The van der Waals surface area contributed by atoms with Crippen molar-refractivity contribution in [2.75, 3.05) is 13.7 Å². The first-order valence-corrected chi connectivity index (χ1v) is 5.00. The Morgan fingerprint density at radius 1 is 1.17 bits per heavy atom. The zero-order valence-electron chi connectivity index (χ0n) is 8.55. The van der Waals surface area contributed by atoms with Crippen LogP contribution in [0.2, 0.25) is 0 Å². The quantitative estimate of drug-likeness (QED) is 0.695. The molecule has 0 aliphatic heterocycles. The standard InChI is InChI=1S/C8H16O2.C2H6/c1-10-8-4-2-7(6-9)3-5-8;1-2/h7-9H,2-6H2,1H3;1-2H3. The van der Waals surface area contributed by atoms with Gasteiger partial charge in [0.1, 0.15) is 0 Å². The lowest BCUT2D eigenvalue weighted by Gasteiger charge is -2.25. The molecule has 0 aromatic carbocycles. The van der Waals surface area contributed by atoms with Gasteiger partial charge in [-0.15, -0.1) is 0 Å². The molecule has 2 nitrogen and oxygen atoms in total. The minimum Gasteiger partial charge on any atom is -0.396 e. The highest BCUT2D eigenvalue weighted by Crippen LogP contribution is 2.24. The van der Waals surface area contributed by atoms with Gasteiger partial charge >= 0.3 is 0 Å². The predicted octanol–water partition coefficient (Wildman–Crippen LogP) is 2.21. The highest BCUT2D eigenvalue weighted by Gasteiger charge is 2.19. The van der Waals surface area contributed by atoms with Crippen molar-refractivity contribution in [1.82, 2.24) is 0 Å². The Labute approximate surface area is 75.9 Å². The van der Waals surface area contributed by atoms with Crippen LogP contribution >= 0.6 is 0 Å². The first kappa shape index (κ1) is 11.9. The smallest absolute Gasteiger partial charge is 0.0571 e. The Morgan fingerprint density at radius 2 is 1.67 bits per heavy atom. The van der Waals surface area contributed by atoms with Crippen molar-refractivity contribution < 1.29 is 9.84 Å². The molecular formula is C10H22O2. The maximum absolute atomic E-state index is 8.81. The third-order valence-electron chi connectivity index (χ3n) is 2.39. The van der Waals surface area contributed by atoms with E-state index in [1.165, 1.54) is 0 Å². The van der Waals surface area contributed by atoms with Crippen LogP contribution in [0.15, 0.2) is 0 Å². The number of hydrogen-bond donors (Lipinski definition) is 1. The van der Waals surface area contributed by atoms with E-state index in [4.69, 9.17) is 9.84 Å². The van der Waals surface area contributed by atoms with E-state index >= 15 is 0 Å². The molecule has 1 aliphatic carbocycles. The van der Waals surface area contributed by atoms with Crippen molar-refractivity contribution in [3.63, 3.8) is 0 Å². The largest absolute Gasteiger partial charge is 0.396 e. The van der Waals surface area contributed by atoms with Crippen LogP contribution in [0.4, 0.5) is 0 Å². The van der Waals surface area contributed by atoms with Gasteiger partial charge in [0.25, 0.3) is 0 Å². The molecule has 0 spiro atoms. The molecule has 2 heteroatoms. The normalized spacial score (nSPS) is 29.0. The first-order valence-electron chi connectivity index (χ1n) is 5.00. The second-order valence-electron chi connectivity index (χ2n) is 3.06. The number of aliphatic hydroxyl groups is 1. The molecule has 1 saturated carbocycles. The van der Waals surface area contributed by atoms with Gasteiger partial charge in [-0.25, -0.2) is 0 Å². The summed E-state index contributed by atoms with van der Waals surface area (Å²) < 4.78 is 5.20. The van der Waals surface area contributed by atoms with Gasteiger partial charge < -0.3 is 9.84 Å². The summed E-state index contributed by atoms with van der Waals surface area (Å²) in [4.78, 5) is 0. The molecule has 0 saturated heterocycles. The van der Waals surface area contributed by atoms with E-state index in [0.717, 1.165) is 25.7 Å². The molecule has 74 valence electrons. The van der Waals surface area contributed by atoms with Gasteiger partial charge in [0.05, 0.1) is 6.10 Å². The number of hydrogen-bond acceptors (Lipinski definition) is 2. The van der Waals surface area contributed by atoms with Crippen molar-refractivity contribution in [2.45, 2.75) is 45.6 Å². The Morgan fingerprint density at radius 3 is 2.00 bits per heavy atom. The lowest BCUT2D eigenvalue weighted by Crippen LogP contribution is -2.21. The van der Waals surface area contributed by atoms with Crippen LogP contribution in [0.5, 0.6) is 0 Å². The predicted molar refractivity (Wildman–Crippen MR) is 51.2 cm³/mol. The highest BCUT2D eigenvalue weighted by molar-refractivity contribution is 4.71. The molecule has 12 heavy (non-hydrogen) atoms. The number of aliphatic hydroxyl groups excluding tert-OH is 1. The molecule has 0 bridgehead atoms. The summed E-state index contributed by atoms with van der Waals surface area (Å²) in [7, 11) is 1.77. The Hall–Kier alpha value is -0.0800. The average molecular weight is 174 g/mol. The minimum atomic E-state index is 0.358. The topological polar surface area (TPSA) is 29.5 Å². The van der Waals surface area contributed by atoms with Gasteiger partial charge in [-0.1, -0.05) is 13.8 Å². The lowest BCUT2D eigenvalue weighted by molar-refractivity contribution is 0.0457.